The van der Waals surface area contributed by atoms with Gasteiger partial charge < -0.3 is 0 Å². The summed E-state index contributed by atoms with van der Waals surface area (Å²) in [5.74, 6) is 0. The molecule has 0 amide bonds. The molecule has 0 aliphatic rings. The van der Waals surface area contributed by atoms with E-state index in [1.165, 1.54) is 38.9 Å². The van der Waals surface area contributed by atoms with Gasteiger partial charge in [-0.25, -0.2) is 0 Å². The predicted octanol–water partition coefficient (Wildman–Crippen LogP) is 4.62. The van der Waals surface area contributed by atoms with Gasteiger partial charge in [0.1, 0.15) is 0 Å². The van der Waals surface area contributed by atoms with E-state index < -0.39 is 0 Å². The van der Waals surface area contributed by atoms with Crippen molar-refractivity contribution < 1.29 is 32.7 Å². The molecule has 0 unspecified atom stereocenters. The Bertz CT molecular complexity index is 559. The van der Waals surface area contributed by atoms with Gasteiger partial charge >= 0.3 is 0 Å². The van der Waals surface area contributed by atoms with Crippen LogP contribution < -0.4 is 0 Å². The number of rotatable bonds is 2. The molecule has 0 aromatic heterocycles. The van der Waals surface area contributed by atoms with Crippen LogP contribution in [0.15, 0.2) is 24.3 Å². The maximum atomic E-state index is 3.34. The summed E-state index contributed by atoms with van der Waals surface area (Å²) in [5.41, 5.74) is 9.52. The number of hydrogen-bond donors (Lipinski definition) is 0. The van der Waals surface area contributed by atoms with Crippen LogP contribution in [0.25, 0.3) is 0 Å². The third-order valence-corrected chi connectivity index (χ3v) is 3.69. The smallest absolute Gasteiger partial charge is 0 e. The molecule has 0 atom stereocenters. The molecule has 2 aromatic rings. The van der Waals surface area contributed by atoms with Gasteiger partial charge in [-0.2, -0.15) is 34.9 Å². The first kappa shape index (κ1) is 16.6. The van der Waals surface area contributed by atoms with Crippen LogP contribution in [0.3, 0.4) is 0 Å². The van der Waals surface area contributed by atoms with Crippen LogP contribution in [-0.2, 0) is 39.1 Å². The van der Waals surface area contributed by atoms with Crippen molar-refractivity contribution in [1.29, 1.82) is 0 Å². The van der Waals surface area contributed by atoms with Gasteiger partial charge in [-0.15, -0.1) is 0 Å². The Balaban J connectivity index is 0.00000180. The quantitative estimate of drug-likeness (QED) is 0.707. The largest absolute Gasteiger partial charge is 0.180 e. The van der Waals surface area contributed by atoms with Crippen molar-refractivity contribution in [2.45, 2.75) is 41.0 Å². The molecular formula is C18H21Y-. The van der Waals surface area contributed by atoms with Gasteiger partial charge in [0.2, 0.25) is 0 Å². The summed E-state index contributed by atoms with van der Waals surface area (Å²) >= 11 is 0. The number of benzene rings is 2. The zero-order valence-electron chi connectivity index (χ0n) is 12.6. The van der Waals surface area contributed by atoms with E-state index in [1.54, 1.807) is 0 Å². The molecule has 0 nitrogen and oxygen atoms in total. The average molecular weight is 326 g/mol. The van der Waals surface area contributed by atoms with Gasteiger partial charge in [0, 0.05) is 32.7 Å². The SMILES string of the molecule is Cc1cc(C)c(Cc2c[c-]c(C)c(C)c2)c(C)c1.[Y]. The molecule has 19 heavy (non-hydrogen) atoms. The molecule has 0 saturated heterocycles. The molecule has 0 bridgehead atoms. The fourth-order valence-electron chi connectivity index (χ4n) is 2.54. The summed E-state index contributed by atoms with van der Waals surface area (Å²) in [5, 5.41) is 0. The first-order valence-corrected chi connectivity index (χ1v) is 6.52. The van der Waals surface area contributed by atoms with Gasteiger partial charge in [0.25, 0.3) is 0 Å². The van der Waals surface area contributed by atoms with Crippen molar-refractivity contribution >= 4 is 0 Å². The van der Waals surface area contributed by atoms with E-state index in [2.05, 4.69) is 65.0 Å². The molecule has 2 aromatic carbocycles. The van der Waals surface area contributed by atoms with Gasteiger partial charge in [0.05, 0.1) is 0 Å². The Morgan fingerprint density at radius 2 is 1.42 bits per heavy atom. The molecule has 0 aliphatic heterocycles. The third kappa shape index (κ3) is 4.00. The topological polar surface area (TPSA) is 0 Å². The third-order valence-electron chi connectivity index (χ3n) is 3.69. The van der Waals surface area contributed by atoms with Crippen LogP contribution in [0.2, 0.25) is 0 Å². The van der Waals surface area contributed by atoms with E-state index in [9.17, 15) is 0 Å². The van der Waals surface area contributed by atoms with E-state index in [1.807, 2.05) is 0 Å². The second-order valence-corrected chi connectivity index (χ2v) is 5.37. The maximum Gasteiger partial charge on any atom is 0 e. The summed E-state index contributed by atoms with van der Waals surface area (Å²) in [6.45, 7) is 10.8. The standard InChI is InChI=1S/C18H21.Y/c1-12-8-15(4)18(16(5)9-12)11-17-7-6-13(2)14(3)10-17;/h7-10H,11H2,1-5H3;/q-1;. The Labute approximate surface area is 142 Å². The minimum absolute atomic E-state index is 0. The molecule has 97 valence electrons. The van der Waals surface area contributed by atoms with E-state index in [-0.39, 0.29) is 32.7 Å². The summed E-state index contributed by atoms with van der Waals surface area (Å²) in [6.07, 6.45) is 1.01. The molecule has 0 aliphatic carbocycles. The molecular weight excluding hydrogens is 305 g/mol. The molecule has 0 N–H and O–H groups in total. The maximum absolute atomic E-state index is 3.34. The van der Waals surface area contributed by atoms with Crippen LogP contribution in [-0.4, -0.2) is 0 Å². The van der Waals surface area contributed by atoms with Crippen molar-refractivity contribution in [2.75, 3.05) is 0 Å². The zero-order chi connectivity index (χ0) is 13.3. The van der Waals surface area contributed by atoms with Gasteiger partial charge in [0.15, 0.2) is 0 Å². The number of aryl methyl sites for hydroxylation is 5. The minimum Gasteiger partial charge on any atom is -0.180 e. The molecule has 1 heteroatoms. The van der Waals surface area contributed by atoms with E-state index in [0.717, 1.165) is 6.42 Å². The Kier molecular flexibility index (Phi) is 5.95. The molecule has 0 saturated carbocycles. The van der Waals surface area contributed by atoms with Crippen molar-refractivity contribution in [3.63, 3.8) is 0 Å². The molecule has 0 fully saturated rings. The Hall–Kier alpha value is -0.456. The van der Waals surface area contributed by atoms with Gasteiger partial charge in [-0.05, 0) is 43.9 Å². The number of hydrogen-bond acceptors (Lipinski definition) is 0. The van der Waals surface area contributed by atoms with Crippen LogP contribution in [0, 0.1) is 40.7 Å². The van der Waals surface area contributed by atoms with E-state index in [4.69, 9.17) is 0 Å². The molecule has 2 rings (SSSR count). The van der Waals surface area contributed by atoms with Crippen molar-refractivity contribution in [3.8, 4) is 0 Å². The summed E-state index contributed by atoms with van der Waals surface area (Å²) in [7, 11) is 0. The van der Waals surface area contributed by atoms with Crippen molar-refractivity contribution in [1.82, 2.24) is 0 Å². The second kappa shape index (κ2) is 6.82. The first-order valence-electron chi connectivity index (χ1n) is 6.52. The van der Waals surface area contributed by atoms with Gasteiger partial charge in [-0.3, -0.25) is 0 Å². The summed E-state index contributed by atoms with van der Waals surface area (Å²) in [4.78, 5) is 0. The fraction of sp³-hybridized carbons (Fsp3) is 0.333. The van der Waals surface area contributed by atoms with Crippen LogP contribution in [0.1, 0.15) is 38.9 Å². The molecule has 1 radical (unpaired) electrons. The first-order chi connectivity index (χ1) is 8.47. The molecule has 0 spiro atoms. The summed E-state index contributed by atoms with van der Waals surface area (Å²) < 4.78 is 0. The molecule has 0 heterocycles. The van der Waals surface area contributed by atoms with Crippen LogP contribution in [0.5, 0.6) is 0 Å². The van der Waals surface area contributed by atoms with E-state index >= 15 is 0 Å². The normalized spacial score (nSPS) is 10.2. The predicted molar refractivity (Wildman–Crippen MR) is 78.2 cm³/mol. The van der Waals surface area contributed by atoms with Crippen molar-refractivity contribution in [2.24, 2.45) is 0 Å². The van der Waals surface area contributed by atoms with E-state index in [0.29, 0.717) is 0 Å². The fourth-order valence-corrected chi connectivity index (χ4v) is 2.54. The van der Waals surface area contributed by atoms with Gasteiger partial charge in [-0.1, -0.05) is 31.5 Å². The van der Waals surface area contributed by atoms with Crippen LogP contribution >= 0.6 is 0 Å². The Morgan fingerprint density at radius 3 is 1.95 bits per heavy atom. The summed E-state index contributed by atoms with van der Waals surface area (Å²) in [6, 6.07) is 12.3. The van der Waals surface area contributed by atoms with Crippen molar-refractivity contribution in [3.05, 3.63) is 69.3 Å². The Morgan fingerprint density at radius 1 is 0.842 bits per heavy atom. The second-order valence-electron chi connectivity index (χ2n) is 5.37. The average Bonchev–Trinajstić information content (AvgIpc) is 2.28. The monoisotopic (exact) mass is 326 g/mol. The zero-order valence-corrected chi connectivity index (χ0v) is 15.4. The van der Waals surface area contributed by atoms with Crippen LogP contribution in [0.4, 0.5) is 0 Å². The minimum atomic E-state index is 0.